The first-order valence-electron chi connectivity index (χ1n) is 12.5. The van der Waals surface area contributed by atoms with Gasteiger partial charge in [0, 0.05) is 37.3 Å². The Kier molecular flexibility index (Phi) is 6.63. The van der Waals surface area contributed by atoms with Crippen LogP contribution in [0.5, 0.6) is 0 Å². The maximum Gasteiger partial charge on any atom is 0.410 e. The number of fused-ring (bicyclic) bond motifs is 3. The van der Waals surface area contributed by atoms with Crippen LogP contribution in [0, 0.1) is 5.82 Å². The van der Waals surface area contributed by atoms with Crippen molar-refractivity contribution in [2.24, 2.45) is 4.99 Å². The van der Waals surface area contributed by atoms with E-state index in [1.807, 2.05) is 87.5 Å². The molecule has 0 N–H and O–H groups in total. The van der Waals surface area contributed by atoms with Gasteiger partial charge in [0.25, 0.3) is 0 Å². The Hall–Kier alpha value is -3.51. The molecule has 0 aromatic heterocycles. The molecule has 2 heterocycles. The molecule has 1 fully saturated rings. The maximum atomic E-state index is 15.6. The summed E-state index contributed by atoms with van der Waals surface area (Å²) in [5.74, 6) is -0.352. The fourth-order valence-corrected chi connectivity index (χ4v) is 4.98. The summed E-state index contributed by atoms with van der Waals surface area (Å²) < 4.78 is 21.2. The zero-order chi connectivity index (χ0) is 25.3. The smallest absolute Gasteiger partial charge is 0.410 e. The molecule has 2 aliphatic rings. The number of carbonyl (C=O) groups is 1. The van der Waals surface area contributed by atoms with E-state index >= 15 is 4.39 Å². The van der Waals surface area contributed by atoms with Gasteiger partial charge < -0.3 is 9.64 Å². The monoisotopic (exact) mass is 485 g/mol. The van der Waals surface area contributed by atoms with E-state index < -0.39 is 5.60 Å². The highest BCUT2D eigenvalue weighted by atomic mass is 19.1. The predicted octanol–water partition coefficient (Wildman–Crippen LogP) is 6.14. The van der Waals surface area contributed by atoms with Gasteiger partial charge in [-0.3, -0.25) is 4.90 Å². The minimum Gasteiger partial charge on any atom is -0.444 e. The normalized spacial score (nSPS) is 17.7. The number of carbonyl (C=O) groups excluding carboxylic acids is 1. The van der Waals surface area contributed by atoms with Gasteiger partial charge in [0.15, 0.2) is 0 Å². The van der Waals surface area contributed by atoms with Crippen LogP contribution in [0.2, 0.25) is 0 Å². The molecule has 2 aliphatic heterocycles. The van der Waals surface area contributed by atoms with Crippen molar-refractivity contribution < 1.29 is 13.9 Å². The van der Waals surface area contributed by atoms with Gasteiger partial charge in [-0.15, -0.1) is 0 Å². The second kappa shape index (κ2) is 9.86. The average Bonchev–Trinajstić information content (AvgIpc) is 2.87. The Labute approximate surface area is 212 Å². The third kappa shape index (κ3) is 5.19. The fraction of sp³-hybridized carbons (Fsp3) is 0.333. The van der Waals surface area contributed by atoms with Gasteiger partial charge in [-0.25, -0.2) is 14.2 Å². The molecule has 6 heteroatoms. The largest absolute Gasteiger partial charge is 0.444 e. The number of amides is 1. The summed E-state index contributed by atoms with van der Waals surface area (Å²) in [5, 5.41) is 0. The van der Waals surface area contributed by atoms with E-state index in [2.05, 4.69) is 4.90 Å². The number of halogens is 1. The van der Waals surface area contributed by atoms with E-state index in [-0.39, 0.29) is 18.0 Å². The van der Waals surface area contributed by atoms with Crippen molar-refractivity contribution in [1.82, 2.24) is 9.80 Å². The van der Waals surface area contributed by atoms with Crippen molar-refractivity contribution in [3.63, 3.8) is 0 Å². The first-order chi connectivity index (χ1) is 17.3. The molecule has 3 aromatic carbocycles. The van der Waals surface area contributed by atoms with Crippen LogP contribution in [-0.4, -0.2) is 53.4 Å². The molecule has 0 aliphatic carbocycles. The Bertz CT molecular complexity index is 1230. The molecule has 36 heavy (non-hydrogen) atoms. The van der Waals surface area contributed by atoms with E-state index in [1.165, 1.54) is 0 Å². The second-order valence-corrected chi connectivity index (χ2v) is 10.4. The molecule has 3 aromatic rings. The van der Waals surface area contributed by atoms with E-state index in [4.69, 9.17) is 9.73 Å². The lowest BCUT2D eigenvalue weighted by Gasteiger charge is -2.45. The highest BCUT2D eigenvalue weighted by Gasteiger charge is 2.36. The highest BCUT2D eigenvalue weighted by Crippen LogP contribution is 2.36. The summed E-state index contributed by atoms with van der Waals surface area (Å²) in [6, 6.07) is 23.2. The molecule has 1 amide bonds. The molecule has 0 saturated carbocycles. The van der Waals surface area contributed by atoms with Crippen LogP contribution in [0.1, 0.15) is 49.1 Å². The van der Waals surface area contributed by atoms with Crippen LogP contribution in [0.15, 0.2) is 77.8 Å². The van der Waals surface area contributed by atoms with Crippen LogP contribution < -0.4 is 0 Å². The number of piperazine rings is 1. The fourth-order valence-electron chi connectivity index (χ4n) is 4.98. The van der Waals surface area contributed by atoms with Crippen LogP contribution in [0.4, 0.5) is 14.9 Å². The number of benzene rings is 3. The summed E-state index contributed by atoms with van der Waals surface area (Å²) in [6.45, 7) is 8.33. The lowest BCUT2D eigenvalue weighted by molar-refractivity contribution is 0.00191. The topological polar surface area (TPSA) is 45.1 Å². The Balaban J connectivity index is 1.48. The lowest BCUT2D eigenvalue weighted by atomic mass is 9.90. The van der Waals surface area contributed by atoms with Crippen molar-refractivity contribution in [2.75, 3.05) is 26.2 Å². The average molecular weight is 486 g/mol. The zero-order valence-electron chi connectivity index (χ0n) is 21.1. The molecule has 0 unspecified atom stereocenters. The van der Waals surface area contributed by atoms with Crippen molar-refractivity contribution in [2.45, 2.75) is 38.8 Å². The van der Waals surface area contributed by atoms with Crippen molar-refractivity contribution >= 4 is 17.5 Å². The molecule has 0 spiro atoms. The number of nitrogens with zero attached hydrogens (tertiary/aromatic N) is 3. The van der Waals surface area contributed by atoms with Crippen molar-refractivity contribution in [1.29, 1.82) is 0 Å². The van der Waals surface area contributed by atoms with Crippen LogP contribution in [0.3, 0.4) is 0 Å². The molecule has 0 bridgehead atoms. The van der Waals surface area contributed by atoms with E-state index in [0.29, 0.717) is 18.8 Å². The Morgan fingerprint density at radius 1 is 0.944 bits per heavy atom. The Morgan fingerprint density at radius 2 is 1.58 bits per heavy atom. The summed E-state index contributed by atoms with van der Waals surface area (Å²) in [6.07, 6.45) is 0.513. The van der Waals surface area contributed by atoms with Crippen LogP contribution >= 0.6 is 0 Å². The van der Waals surface area contributed by atoms with E-state index in [9.17, 15) is 4.79 Å². The quantitative estimate of drug-likeness (QED) is 0.418. The van der Waals surface area contributed by atoms with Gasteiger partial charge in [0.05, 0.1) is 17.4 Å². The summed E-state index contributed by atoms with van der Waals surface area (Å²) in [5.41, 5.74) is 4.42. The van der Waals surface area contributed by atoms with Gasteiger partial charge in [0.1, 0.15) is 11.4 Å². The van der Waals surface area contributed by atoms with Gasteiger partial charge in [-0.05, 0) is 50.5 Å². The third-order valence-corrected chi connectivity index (χ3v) is 6.71. The molecule has 5 rings (SSSR count). The van der Waals surface area contributed by atoms with E-state index in [0.717, 1.165) is 47.5 Å². The van der Waals surface area contributed by atoms with Gasteiger partial charge in [-0.1, -0.05) is 60.7 Å². The standard InChI is InChI=1S/C30H32FN3O2/c1-30(2,3)36-29(35)34-17-16-33-15-14-23-18-26(25(31)19-24(23)27(33)20-34)32-28(21-10-6-4-7-11-21)22-12-8-5-9-13-22/h4-13,18-19,27H,14-17,20H2,1-3H3/t27-/m0/s1. The molecular formula is C30H32FN3O2. The first kappa shape index (κ1) is 24.2. The molecule has 186 valence electrons. The second-order valence-electron chi connectivity index (χ2n) is 10.4. The molecular weight excluding hydrogens is 453 g/mol. The number of hydrogen-bond donors (Lipinski definition) is 0. The summed E-state index contributed by atoms with van der Waals surface area (Å²) in [7, 11) is 0. The van der Waals surface area contributed by atoms with E-state index in [1.54, 1.807) is 11.0 Å². The first-order valence-corrected chi connectivity index (χ1v) is 12.5. The van der Waals surface area contributed by atoms with Crippen molar-refractivity contribution in [3.8, 4) is 0 Å². The minimum atomic E-state index is -0.549. The molecule has 1 saturated heterocycles. The van der Waals surface area contributed by atoms with Gasteiger partial charge >= 0.3 is 6.09 Å². The highest BCUT2D eigenvalue weighted by molar-refractivity contribution is 6.13. The zero-order valence-corrected chi connectivity index (χ0v) is 21.1. The number of rotatable bonds is 3. The number of ether oxygens (including phenoxy) is 1. The molecule has 5 nitrogen and oxygen atoms in total. The van der Waals surface area contributed by atoms with Crippen LogP contribution in [0.25, 0.3) is 0 Å². The summed E-state index contributed by atoms with van der Waals surface area (Å²) >= 11 is 0. The SMILES string of the molecule is CC(C)(C)OC(=O)N1CCN2CCc3cc(N=C(c4ccccc4)c4ccccc4)c(F)cc3[C@@H]2C1. The number of aliphatic imine (C=N–C) groups is 1. The third-order valence-electron chi connectivity index (χ3n) is 6.71. The molecule has 1 atom stereocenters. The predicted molar refractivity (Wildman–Crippen MR) is 140 cm³/mol. The van der Waals surface area contributed by atoms with Crippen LogP contribution in [-0.2, 0) is 11.2 Å². The lowest BCUT2D eigenvalue weighted by Crippen LogP contribution is -2.53. The summed E-state index contributed by atoms with van der Waals surface area (Å²) in [4.78, 5) is 21.6. The number of hydrogen-bond acceptors (Lipinski definition) is 4. The van der Waals surface area contributed by atoms with Crippen molar-refractivity contribution in [3.05, 3.63) is 101 Å². The van der Waals surface area contributed by atoms with Gasteiger partial charge in [0.2, 0.25) is 0 Å². The maximum absolute atomic E-state index is 15.6. The molecule has 0 radical (unpaired) electrons. The van der Waals surface area contributed by atoms with Gasteiger partial charge in [-0.2, -0.15) is 0 Å². The Morgan fingerprint density at radius 3 is 2.19 bits per heavy atom. The minimum absolute atomic E-state index is 0.0507.